The third-order valence-electron chi connectivity index (χ3n) is 6.03. The van der Waals surface area contributed by atoms with E-state index in [1.54, 1.807) is 0 Å². The Labute approximate surface area is 170 Å². The molecular formula is C21H39N5O2. The second-order valence-corrected chi connectivity index (χ2v) is 8.34. The summed E-state index contributed by atoms with van der Waals surface area (Å²) in [5, 5.41) is 3.42. The number of carbonyl (C=O) groups is 1. The van der Waals surface area contributed by atoms with Crippen LogP contribution in [0.25, 0.3) is 0 Å². The average Bonchev–Trinajstić information content (AvgIpc) is 3.38. The highest BCUT2D eigenvalue weighted by Gasteiger charge is 2.30. The number of rotatable bonds is 9. The molecular weight excluding hydrogens is 354 g/mol. The molecule has 2 heterocycles. The van der Waals surface area contributed by atoms with Crippen molar-refractivity contribution in [2.24, 2.45) is 10.9 Å². The predicted molar refractivity (Wildman–Crippen MR) is 113 cm³/mol. The summed E-state index contributed by atoms with van der Waals surface area (Å²) in [5.74, 6) is 2.14. The Bertz CT molecular complexity index is 509. The lowest BCUT2D eigenvalue weighted by atomic mass is 10.2. The van der Waals surface area contributed by atoms with Crippen molar-refractivity contribution in [3.8, 4) is 0 Å². The molecule has 0 radical (unpaired) electrons. The van der Waals surface area contributed by atoms with Gasteiger partial charge in [-0.05, 0) is 51.9 Å². The largest absolute Gasteiger partial charge is 0.381 e. The van der Waals surface area contributed by atoms with E-state index in [1.165, 1.54) is 12.8 Å². The molecule has 1 N–H and O–H groups in total. The number of nitrogens with one attached hydrogen (secondary N) is 1. The topological polar surface area (TPSA) is 60.4 Å². The van der Waals surface area contributed by atoms with E-state index in [0.29, 0.717) is 5.91 Å². The highest BCUT2D eigenvalue weighted by atomic mass is 16.5. The number of piperazine rings is 1. The van der Waals surface area contributed by atoms with Gasteiger partial charge in [-0.15, -0.1) is 0 Å². The molecule has 1 unspecified atom stereocenters. The molecule has 0 spiro atoms. The number of nitrogens with zero attached hydrogens (tertiary/aromatic N) is 4. The third-order valence-corrected chi connectivity index (χ3v) is 6.03. The van der Waals surface area contributed by atoms with Crippen molar-refractivity contribution in [2.75, 3.05) is 65.6 Å². The van der Waals surface area contributed by atoms with Crippen LogP contribution in [-0.4, -0.2) is 98.2 Å². The predicted octanol–water partition coefficient (Wildman–Crippen LogP) is 1.40. The third kappa shape index (κ3) is 6.34. The first-order chi connectivity index (χ1) is 13.7. The summed E-state index contributed by atoms with van der Waals surface area (Å²) in [5.41, 5.74) is 0. The molecule has 0 aromatic rings. The van der Waals surface area contributed by atoms with Crippen molar-refractivity contribution < 1.29 is 9.53 Å². The molecule has 0 bridgehead atoms. The number of guanidine groups is 1. The minimum Gasteiger partial charge on any atom is -0.381 e. The number of hydrogen-bond donors (Lipinski definition) is 1. The van der Waals surface area contributed by atoms with Crippen LogP contribution in [0.2, 0.25) is 0 Å². The van der Waals surface area contributed by atoms with Crippen LogP contribution in [0.3, 0.4) is 0 Å². The maximum Gasteiger partial charge on any atom is 0.239 e. The van der Waals surface area contributed by atoms with Crippen molar-refractivity contribution in [1.82, 2.24) is 20.0 Å². The highest BCUT2D eigenvalue weighted by molar-refractivity contribution is 5.82. The molecule has 7 heteroatoms. The first-order valence-corrected chi connectivity index (χ1v) is 11.3. The van der Waals surface area contributed by atoms with Crippen LogP contribution in [0.15, 0.2) is 4.99 Å². The van der Waals surface area contributed by atoms with Gasteiger partial charge in [0.1, 0.15) is 0 Å². The number of ether oxygens (including phenoxy) is 1. The zero-order chi connectivity index (χ0) is 19.8. The van der Waals surface area contributed by atoms with E-state index in [0.717, 1.165) is 96.7 Å². The smallest absolute Gasteiger partial charge is 0.239 e. The Balaban J connectivity index is 1.39. The van der Waals surface area contributed by atoms with E-state index in [1.807, 2.05) is 4.90 Å². The fourth-order valence-corrected chi connectivity index (χ4v) is 3.99. The van der Waals surface area contributed by atoms with Gasteiger partial charge in [0.25, 0.3) is 0 Å². The van der Waals surface area contributed by atoms with Gasteiger partial charge >= 0.3 is 0 Å². The second-order valence-electron chi connectivity index (χ2n) is 8.34. The fraction of sp³-hybridized carbons (Fsp3) is 0.905. The maximum absolute atomic E-state index is 12.7. The van der Waals surface area contributed by atoms with Gasteiger partial charge in [-0.25, -0.2) is 0 Å². The minimum absolute atomic E-state index is 0.0108. The molecule has 2 saturated heterocycles. The second kappa shape index (κ2) is 11.0. The molecule has 7 nitrogen and oxygen atoms in total. The van der Waals surface area contributed by atoms with Crippen molar-refractivity contribution in [3.05, 3.63) is 0 Å². The summed E-state index contributed by atoms with van der Waals surface area (Å²) in [6.07, 6.45) is 5.97. The van der Waals surface area contributed by atoms with Crippen LogP contribution in [0.5, 0.6) is 0 Å². The van der Waals surface area contributed by atoms with Crippen LogP contribution < -0.4 is 5.32 Å². The number of aliphatic imine (C=N–C) groups is 1. The lowest BCUT2D eigenvalue weighted by Crippen LogP contribution is -2.57. The Morgan fingerprint density at radius 2 is 1.82 bits per heavy atom. The number of likely N-dealkylation sites (tertiary alicyclic amines) is 1. The molecule has 3 fully saturated rings. The van der Waals surface area contributed by atoms with Crippen LogP contribution in [0.4, 0.5) is 0 Å². The van der Waals surface area contributed by atoms with Crippen LogP contribution in [-0.2, 0) is 9.53 Å². The zero-order valence-electron chi connectivity index (χ0n) is 17.9. The Morgan fingerprint density at radius 3 is 2.46 bits per heavy atom. The minimum atomic E-state index is -0.0108. The Kier molecular flexibility index (Phi) is 8.40. The molecule has 28 heavy (non-hydrogen) atoms. The zero-order valence-corrected chi connectivity index (χ0v) is 17.9. The van der Waals surface area contributed by atoms with Crippen LogP contribution >= 0.6 is 0 Å². The summed E-state index contributed by atoms with van der Waals surface area (Å²) in [6.45, 7) is 13.1. The molecule has 1 saturated carbocycles. The molecule has 0 aromatic carbocycles. The van der Waals surface area contributed by atoms with Gasteiger partial charge in [-0.2, -0.15) is 0 Å². The molecule has 160 valence electrons. The number of carbonyl (C=O) groups excluding carboxylic acids is 1. The average molecular weight is 394 g/mol. The van der Waals surface area contributed by atoms with Gasteiger partial charge in [0.05, 0.1) is 6.04 Å². The van der Waals surface area contributed by atoms with Crippen molar-refractivity contribution in [3.63, 3.8) is 0 Å². The van der Waals surface area contributed by atoms with Gasteiger partial charge in [0.15, 0.2) is 5.96 Å². The summed E-state index contributed by atoms with van der Waals surface area (Å²) in [6, 6.07) is -0.0108. The van der Waals surface area contributed by atoms with Gasteiger partial charge in [0, 0.05) is 65.6 Å². The molecule has 1 atom stereocenters. The molecule has 3 rings (SSSR count). The Hall–Kier alpha value is -1.34. The maximum atomic E-state index is 12.7. The van der Waals surface area contributed by atoms with Gasteiger partial charge in [-0.1, -0.05) is 0 Å². The normalized spacial score (nSPS) is 22.6. The monoisotopic (exact) mass is 393 g/mol. The van der Waals surface area contributed by atoms with E-state index >= 15 is 0 Å². The summed E-state index contributed by atoms with van der Waals surface area (Å²) in [7, 11) is 0. The van der Waals surface area contributed by atoms with Crippen LogP contribution in [0, 0.1) is 5.92 Å². The van der Waals surface area contributed by atoms with E-state index < -0.39 is 0 Å². The first kappa shape index (κ1) is 21.4. The van der Waals surface area contributed by atoms with Gasteiger partial charge in [0.2, 0.25) is 5.91 Å². The summed E-state index contributed by atoms with van der Waals surface area (Å²) >= 11 is 0. The quantitative estimate of drug-likeness (QED) is 0.364. The fourth-order valence-electron chi connectivity index (χ4n) is 3.99. The molecule has 2 aliphatic heterocycles. The summed E-state index contributed by atoms with van der Waals surface area (Å²) in [4.78, 5) is 24.1. The van der Waals surface area contributed by atoms with Crippen molar-refractivity contribution in [1.29, 1.82) is 0 Å². The first-order valence-electron chi connectivity index (χ1n) is 11.3. The number of hydrogen-bond acceptors (Lipinski definition) is 4. The highest BCUT2D eigenvalue weighted by Crippen LogP contribution is 2.28. The standard InChI is InChI=1S/C21H39N5O2/c1-3-22-21(23-9-6-16-28-17-19-7-8-19)26-14-12-24(13-15-26)18(2)20(27)25-10-4-5-11-25/h18-19H,3-17H2,1-2H3,(H,22,23). The lowest BCUT2D eigenvalue weighted by molar-refractivity contribution is -0.135. The Morgan fingerprint density at radius 1 is 1.11 bits per heavy atom. The molecule has 1 amide bonds. The van der Waals surface area contributed by atoms with Gasteiger partial charge < -0.3 is 19.9 Å². The van der Waals surface area contributed by atoms with E-state index in [-0.39, 0.29) is 6.04 Å². The van der Waals surface area contributed by atoms with Crippen LogP contribution in [0.1, 0.15) is 46.0 Å². The molecule has 1 aliphatic carbocycles. The van der Waals surface area contributed by atoms with Crippen molar-refractivity contribution in [2.45, 2.75) is 52.0 Å². The lowest BCUT2D eigenvalue weighted by Gasteiger charge is -2.39. The van der Waals surface area contributed by atoms with E-state index in [9.17, 15) is 4.79 Å². The van der Waals surface area contributed by atoms with E-state index in [4.69, 9.17) is 9.73 Å². The van der Waals surface area contributed by atoms with E-state index in [2.05, 4.69) is 29.0 Å². The summed E-state index contributed by atoms with van der Waals surface area (Å²) < 4.78 is 5.70. The molecule has 0 aromatic heterocycles. The SMILES string of the molecule is CCNC(=NCCCOCC1CC1)N1CCN(C(C)C(=O)N2CCCC2)CC1. The number of amides is 1. The van der Waals surface area contributed by atoms with Gasteiger partial charge in [-0.3, -0.25) is 14.7 Å². The molecule has 3 aliphatic rings. The van der Waals surface area contributed by atoms with Crippen molar-refractivity contribution >= 4 is 11.9 Å².